The Kier molecular flexibility index (Phi) is 4.22. The second kappa shape index (κ2) is 5.66. The van der Waals surface area contributed by atoms with E-state index >= 15 is 0 Å². The lowest BCUT2D eigenvalue weighted by atomic mass is 10.1. The largest absolute Gasteiger partial charge is 0.496 e. The number of allylic oxidation sites excluding steroid dienone is 1. The van der Waals surface area contributed by atoms with E-state index in [1.54, 1.807) is 39.5 Å². The molecule has 0 fully saturated rings. The number of rotatable bonds is 4. The molecule has 1 aromatic rings. The summed E-state index contributed by atoms with van der Waals surface area (Å²) in [5, 5.41) is 8.48. The molecule has 0 aliphatic carbocycles. The molecular formula is C12H13NO3. The fourth-order valence-corrected chi connectivity index (χ4v) is 1.31. The van der Waals surface area contributed by atoms with Gasteiger partial charge in [0, 0.05) is 17.7 Å². The molecule has 0 aliphatic heterocycles. The van der Waals surface area contributed by atoms with E-state index in [0.29, 0.717) is 17.2 Å². The summed E-state index contributed by atoms with van der Waals surface area (Å²) in [6, 6.07) is 5.40. The highest BCUT2D eigenvalue weighted by atomic mass is 16.5. The first-order valence-corrected chi connectivity index (χ1v) is 4.63. The van der Waals surface area contributed by atoms with Crippen LogP contribution in [0.2, 0.25) is 0 Å². The van der Waals surface area contributed by atoms with E-state index in [-0.39, 0.29) is 0 Å². The van der Waals surface area contributed by atoms with Gasteiger partial charge in [0.05, 0.1) is 27.4 Å². The van der Waals surface area contributed by atoms with Gasteiger partial charge in [-0.15, -0.1) is 0 Å². The molecule has 0 amide bonds. The number of benzene rings is 1. The zero-order valence-corrected chi connectivity index (χ0v) is 9.48. The van der Waals surface area contributed by atoms with Crippen LogP contribution in [0.4, 0.5) is 0 Å². The van der Waals surface area contributed by atoms with Crippen LogP contribution in [0.3, 0.4) is 0 Å². The van der Waals surface area contributed by atoms with Crippen LogP contribution in [0.15, 0.2) is 18.2 Å². The molecule has 0 N–H and O–H groups in total. The molecule has 4 heteroatoms. The van der Waals surface area contributed by atoms with E-state index in [9.17, 15) is 0 Å². The van der Waals surface area contributed by atoms with Gasteiger partial charge in [-0.1, -0.05) is 0 Å². The predicted octanol–water partition coefficient (Wildman–Crippen LogP) is 2.25. The highest BCUT2D eigenvalue weighted by Crippen LogP contribution is 2.35. The van der Waals surface area contributed by atoms with Crippen LogP contribution in [0.25, 0.3) is 6.08 Å². The molecule has 0 radical (unpaired) electrons. The molecule has 0 saturated carbocycles. The first-order valence-electron chi connectivity index (χ1n) is 4.63. The molecule has 0 saturated heterocycles. The van der Waals surface area contributed by atoms with E-state index in [4.69, 9.17) is 19.5 Å². The molecule has 1 aromatic carbocycles. The van der Waals surface area contributed by atoms with Crippen molar-refractivity contribution in [3.63, 3.8) is 0 Å². The lowest BCUT2D eigenvalue weighted by Gasteiger charge is -2.11. The molecule has 0 aromatic heterocycles. The maximum atomic E-state index is 8.48. The van der Waals surface area contributed by atoms with Crippen molar-refractivity contribution in [1.82, 2.24) is 0 Å². The van der Waals surface area contributed by atoms with Crippen LogP contribution >= 0.6 is 0 Å². The number of nitrogens with zero attached hydrogens (tertiary/aromatic N) is 1. The van der Waals surface area contributed by atoms with E-state index in [1.807, 2.05) is 6.07 Å². The topological polar surface area (TPSA) is 51.5 Å². The Balaban J connectivity index is 3.26. The summed E-state index contributed by atoms with van der Waals surface area (Å²) in [5.74, 6) is 1.82. The average molecular weight is 219 g/mol. The molecule has 16 heavy (non-hydrogen) atoms. The van der Waals surface area contributed by atoms with Gasteiger partial charge in [-0.25, -0.2) is 0 Å². The van der Waals surface area contributed by atoms with E-state index in [1.165, 1.54) is 6.08 Å². The first-order chi connectivity index (χ1) is 7.76. The molecule has 0 atom stereocenters. The second-order valence-electron chi connectivity index (χ2n) is 2.91. The summed E-state index contributed by atoms with van der Waals surface area (Å²) in [5.41, 5.74) is 0.765. The van der Waals surface area contributed by atoms with Gasteiger partial charge in [-0.05, 0) is 12.1 Å². The van der Waals surface area contributed by atoms with E-state index in [0.717, 1.165) is 5.56 Å². The van der Waals surface area contributed by atoms with Crippen molar-refractivity contribution in [2.45, 2.75) is 0 Å². The first kappa shape index (κ1) is 11.9. The Bertz CT molecular complexity index is 433. The third-order valence-electron chi connectivity index (χ3n) is 2.07. The van der Waals surface area contributed by atoms with Gasteiger partial charge in [0.25, 0.3) is 0 Å². The van der Waals surface area contributed by atoms with Gasteiger partial charge >= 0.3 is 0 Å². The van der Waals surface area contributed by atoms with Crippen molar-refractivity contribution in [3.05, 3.63) is 23.8 Å². The molecule has 0 heterocycles. The molecular weight excluding hydrogens is 206 g/mol. The highest BCUT2D eigenvalue weighted by molar-refractivity contribution is 5.64. The minimum Gasteiger partial charge on any atom is -0.496 e. The van der Waals surface area contributed by atoms with Crippen molar-refractivity contribution in [1.29, 1.82) is 5.26 Å². The third-order valence-corrected chi connectivity index (χ3v) is 2.07. The van der Waals surface area contributed by atoms with E-state index < -0.39 is 0 Å². The number of methoxy groups -OCH3 is 3. The van der Waals surface area contributed by atoms with Crippen LogP contribution in [-0.4, -0.2) is 21.3 Å². The van der Waals surface area contributed by atoms with Crippen LogP contribution < -0.4 is 14.2 Å². The van der Waals surface area contributed by atoms with Crippen molar-refractivity contribution in [3.8, 4) is 23.3 Å². The molecule has 0 bridgehead atoms. The zero-order chi connectivity index (χ0) is 12.0. The predicted molar refractivity (Wildman–Crippen MR) is 60.7 cm³/mol. The number of hydrogen-bond donors (Lipinski definition) is 0. The summed E-state index contributed by atoms with van der Waals surface area (Å²) in [6.07, 6.45) is 3.03. The fraction of sp³-hybridized carbons (Fsp3) is 0.250. The van der Waals surface area contributed by atoms with Crippen LogP contribution in [0, 0.1) is 11.3 Å². The fourth-order valence-electron chi connectivity index (χ4n) is 1.31. The summed E-state index contributed by atoms with van der Waals surface area (Å²) >= 11 is 0. The summed E-state index contributed by atoms with van der Waals surface area (Å²) in [6.45, 7) is 0. The summed E-state index contributed by atoms with van der Waals surface area (Å²) < 4.78 is 15.5. The van der Waals surface area contributed by atoms with E-state index in [2.05, 4.69) is 0 Å². The molecule has 0 aliphatic rings. The Labute approximate surface area is 94.7 Å². The lowest BCUT2D eigenvalue weighted by molar-refractivity contribution is 0.348. The van der Waals surface area contributed by atoms with Crippen LogP contribution in [-0.2, 0) is 0 Å². The second-order valence-corrected chi connectivity index (χ2v) is 2.91. The minimum absolute atomic E-state index is 0.591. The Morgan fingerprint density at radius 2 is 1.56 bits per heavy atom. The molecule has 4 nitrogen and oxygen atoms in total. The van der Waals surface area contributed by atoms with Gasteiger partial charge in [-0.3, -0.25) is 0 Å². The molecule has 1 rings (SSSR count). The monoisotopic (exact) mass is 219 g/mol. The Morgan fingerprint density at radius 1 is 1.00 bits per heavy atom. The average Bonchev–Trinajstić information content (AvgIpc) is 2.35. The smallest absolute Gasteiger partial charge is 0.164 e. The van der Waals surface area contributed by atoms with Crippen LogP contribution in [0.5, 0.6) is 17.2 Å². The van der Waals surface area contributed by atoms with Crippen molar-refractivity contribution < 1.29 is 14.2 Å². The quantitative estimate of drug-likeness (QED) is 0.729. The standard InChI is InChI=1S/C12H13NO3/c1-14-10-8-12(16-3)11(15-2)7-9(10)5-4-6-13/h4-5,7-8H,1-3H3. The number of hydrogen-bond acceptors (Lipinski definition) is 4. The SMILES string of the molecule is COc1cc(OC)c(OC)cc1C=CC#N. The normalized spacial score (nSPS) is 9.88. The van der Waals surface area contributed by atoms with Crippen molar-refractivity contribution in [2.75, 3.05) is 21.3 Å². The Morgan fingerprint density at radius 3 is 2.06 bits per heavy atom. The van der Waals surface area contributed by atoms with Gasteiger partial charge in [0.1, 0.15) is 5.75 Å². The van der Waals surface area contributed by atoms with Crippen molar-refractivity contribution >= 4 is 6.08 Å². The lowest BCUT2D eigenvalue weighted by Crippen LogP contribution is -1.94. The van der Waals surface area contributed by atoms with Gasteiger partial charge in [0.15, 0.2) is 11.5 Å². The molecule has 0 spiro atoms. The number of ether oxygens (including phenoxy) is 3. The molecule has 84 valence electrons. The Hall–Kier alpha value is -2.15. The van der Waals surface area contributed by atoms with Gasteiger partial charge in [-0.2, -0.15) is 5.26 Å². The van der Waals surface area contributed by atoms with Gasteiger partial charge in [0.2, 0.25) is 0 Å². The molecule has 0 unspecified atom stereocenters. The van der Waals surface area contributed by atoms with Gasteiger partial charge < -0.3 is 14.2 Å². The zero-order valence-electron chi connectivity index (χ0n) is 9.48. The minimum atomic E-state index is 0.591. The summed E-state index contributed by atoms with van der Waals surface area (Å²) in [4.78, 5) is 0. The third kappa shape index (κ3) is 2.45. The number of nitriles is 1. The van der Waals surface area contributed by atoms with Crippen molar-refractivity contribution in [2.24, 2.45) is 0 Å². The maximum Gasteiger partial charge on any atom is 0.164 e. The highest BCUT2D eigenvalue weighted by Gasteiger charge is 2.09. The van der Waals surface area contributed by atoms with Crippen LogP contribution in [0.1, 0.15) is 5.56 Å². The summed E-state index contributed by atoms with van der Waals surface area (Å²) in [7, 11) is 4.68. The maximum absolute atomic E-state index is 8.48.